The second-order valence-electron chi connectivity index (χ2n) is 13.9. The van der Waals surface area contributed by atoms with E-state index in [4.69, 9.17) is 0 Å². The van der Waals surface area contributed by atoms with Gasteiger partial charge in [0.1, 0.15) is 11.6 Å². The first-order valence-electron chi connectivity index (χ1n) is 20.0. The Morgan fingerprint density at radius 3 is 0.717 bits per heavy atom. The number of rotatable bonds is 44. The van der Waals surface area contributed by atoms with E-state index in [9.17, 15) is 9.59 Å². The Morgan fingerprint density at radius 2 is 0.528 bits per heavy atom. The summed E-state index contributed by atoms with van der Waals surface area (Å²) < 4.78 is 0. The Balaban J connectivity index is 5.66. The van der Waals surface area contributed by atoms with Crippen LogP contribution in [0.1, 0.15) is 109 Å². The van der Waals surface area contributed by atoms with Gasteiger partial charge < -0.3 is 0 Å². The Labute approximate surface area is 387 Å². The highest BCUT2D eigenvalue weighted by atomic mass is 32.2. The van der Waals surface area contributed by atoms with Gasteiger partial charge in [-0.1, -0.05) is 0 Å². The molecule has 0 atom stereocenters. The number of Topliss-reactive ketones (excluding diaryl/α,β-unsaturated/α-hetero) is 2. The van der Waals surface area contributed by atoms with Crippen LogP contribution in [0.25, 0.3) is 0 Å². The minimum absolute atomic E-state index is 0.118. The topological polar surface area (TPSA) is 34.1 Å². The summed E-state index contributed by atoms with van der Waals surface area (Å²) in [4.78, 5) is 27.2. The average Bonchev–Trinajstić information content (AvgIpc) is 3.15. The molecule has 0 N–H and O–H groups in total. The fourth-order valence-electron chi connectivity index (χ4n) is 7.00. The van der Waals surface area contributed by atoms with E-state index in [0.29, 0.717) is 12.8 Å². The number of ketones is 2. The molecule has 0 rings (SSSR count). The van der Waals surface area contributed by atoms with Crippen molar-refractivity contribution in [3.63, 3.8) is 0 Å². The molecule has 0 aliphatic heterocycles. The highest BCUT2D eigenvalue weighted by Crippen LogP contribution is 2.43. The van der Waals surface area contributed by atoms with Gasteiger partial charge in [-0.3, -0.25) is 9.59 Å². The summed E-state index contributed by atoms with van der Waals surface area (Å²) in [6.07, 6.45) is 17.2. The molecule has 0 heterocycles. The fraction of sp³-hybridized carbons (Fsp3) is 0.949. The monoisotopic (exact) mass is 960 g/mol. The van der Waals surface area contributed by atoms with E-state index < -0.39 is 0 Å². The van der Waals surface area contributed by atoms with Gasteiger partial charge in [0.15, 0.2) is 0 Å². The van der Waals surface area contributed by atoms with Crippen LogP contribution >= 0.6 is 146 Å². The number of carbonyl (C=O) groups excluding carboxylic acids is 2. The van der Waals surface area contributed by atoms with Gasteiger partial charge in [0, 0.05) is 47.4 Å². The van der Waals surface area contributed by atoms with Gasteiger partial charge in [0.2, 0.25) is 0 Å². The van der Waals surface area contributed by atoms with Crippen LogP contribution < -0.4 is 0 Å². The third-order valence-corrected chi connectivity index (χ3v) is 19.2. The molecule has 14 heteroatoms. The summed E-state index contributed by atoms with van der Waals surface area (Å²) in [5.74, 6) is 19.4. The molecule has 316 valence electrons. The van der Waals surface area contributed by atoms with Crippen LogP contribution in [0.5, 0.6) is 0 Å². The number of hydrogen-bond donors (Lipinski definition) is 6. The van der Waals surface area contributed by atoms with Crippen LogP contribution in [0, 0.1) is 10.8 Å². The van der Waals surface area contributed by atoms with Gasteiger partial charge in [-0.25, -0.2) is 0 Å². The van der Waals surface area contributed by atoms with Crippen LogP contribution in [0.15, 0.2) is 0 Å². The van der Waals surface area contributed by atoms with Crippen molar-refractivity contribution in [2.24, 2.45) is 10.8 Å². The summed E-state index contributed by atoms with van der Waals surface area (Å²) in [6.45, 7) is 0. The molecule has 0 amide bonds. The van der Waals surface area contributed by atoms with Crippen molar-refractivity contribution < 1.29 is 9.59 Å². The highest BCUT2D eigenvalue weighted by Gasteiger charge is 2.32. The second kappa shape index (κ2) is 42.2. The molecule has 0 saturated carbocycles. The van der Waals surface area contributed by atoms with Crippen molar-refractivity contribution in [3.8, 4) is 0 Å². The largest absolute Gasteiger partial charge is 0.299 e. The second-order valence-corrected chi connectivity index (χ2v) is 23.9. The Bertz CT molecular complexity index is 687. The zero-order valence-electron chi connectivity index (χ0n) is 32.7. The Morgan fingerprint density at radius 1 is 0.321 bits per heavy atom. The van der Waals surface area contributed by atoms with Crippen LogP contribution in [0.2, 0.25) is 0 Å². The minimum Gasteiger partial charge on any atom is -0.299 e. The van der Waals surface area contributed by atoms with Crippen molar-refractivity contribution in [2.45, 2.75) is 109 Å². The standard InChI is InChI=1S/C39H76O2S12/c40-36(7-15-38(9-1-23-48-29-17-42,10-2-24-49-30-18-43)11-3-25-50-31-19-44)35-37(41)8-16-39(12-4-26-51-32-20-45,13-5-27-52-33-21-46)14-6-28-53-34-22-47/h42-47H,1-35H2. The summed E-state index contributed by atoms with van der Waals surface area (Å²) in [5.41, 5.74) is 0.360. The highest BCUT2D eigenvalue weighted by molar-refractivity contribution is 8.01. The van der Waals surface area contributed by atoms with E-state index in [1.165, 1.54) is 77.0 Å². The number of carbonyl (C=O) groups is 2. The first kappa shape index (κ1) is 56.5. The van der Waals surface area contributed by atoms with Gasteiger partial charge in [-0.2, -0.15) is 146 Å². The lowest BCUT2D eigenvalue weighted by atomic mass is 9.71. The van der Waals surface area contributed by atoms with E-state index in [0.717, 1.165) is 116 Å². The predicted octanol–water partition coefficient (Wildman–Crippen LogP) is 12.7. The summed E-state index contributed by atoms with van der Waals surface area (Å²) >= 11 is 38.5. The van der Waals surface area contributed by atoms with Crippen LogP contribution in [-0.2, 0) is 9.59 Å². The van der Waals surface area contributed by atoms with Gasteiger partial charge >= 0.3 is 0 Å². The molecule has 0 fully saturated rings. The molecule has 0 spiro atoms. The van der Waals surface area contributed by atoms with Gasteiger partial charge in [-0.15, -0.1) is 0 Å². The van der Waals surface area contributed by atoms with E-state index in [1.807, 2.05) is 70.6 Å². The fourth-order valence-corrected chi connectivity index (χ4v) is 13.4. The molecular formula is C39H76O2S12. The van der Waals surface area contributed by atoms with Crippen molar-refractivity contribution >= 4 is 158 Å². The maximum Gasteiger partial charge on any atom is 0.140 e. The molecule has 0 aliphatic rings. The lowest BCUT2D eigenvalue weighted by molar-refractivity contribution is -0.127. The van der Waals surface area contributed by atoms with Crippen molar-refractivity contribution in [3.05, 3.63) is 0 Å². The maximum absolute atomic E-state index is 13.6. The van der Waals surface area contributed by atoms with Gasteiger partial charge in [0.25, 0.3) is 0 Å². The number of thiol groups is 6. The molecule has 0 aromatic heterocycles. The van der Waals surface area contributed by atoms with Crippen LogP contribution in [-0.4, -0.2) is 115 Å². The smallest absolute Gasteiger partial charge is 0.140 e. The van der Waals surface area contributed by atoms with Crippen LogP contribution in [0.3, 0.4) is 0 Å². The molecule has 0 aliphatic carbocycles. The van der Waals surface area contributed by atoms with E-state index >= 15 is 0 Å². The van der Waals surface area contributed by atoms with E-state index in [-0.39, 0.29) is 28.8 Å². The third-order valence-electron chi connectivity index (χ3n) is 9.65. The predicted molar refractivity (Wildman–Crippen MR) is 280 cm³/mol. The zero-order chi connectivity index (χ0) is 39.1. The molecule has 53 heavy (non-hydrogen) atoms. The maximum atomic E-state index is 13.6. The lowest BCUT2D eigenvalue weighted by Crippen LogP contribution is -2.25. The molecule has 0 aromatic carbocycles. The quantitative estimate of drug-likeness (QED) is 0.0205. The van der Waals surface area contributed by atoms with E-state index in [2.05, 4.69) is 75.8 Å². The Hall–Kier alpha value is 3.54. The molecule has 0 aromatic rings. The lowest BCUT2D eigenvalue weighted by Gasteiger charge is -2.35. The normalized spacial score (nSPS) is 12.2. The molecular weight excluding hydrogens is 885 g/mol. The zero-order valence-corrected chi connectivity index (χ0v) is 43.0. The third kappa shape index (κ3) is 34.9. The molecule has 0 saturated heterocycles. The molecule has 2 nitrogen and oxygen atoms in total. The van der Waals surface area contributed by atoms with Crippen LogP contribution in [0.4, 0.5) is 0 Å². The first-order chi connectivity index (χ1) is 25.9. The molecule has 0 unspecified atom stereocenters. The number of hydrogen-bond acceptors (Lipinski definition) is 14. The van der Waals surface area contributed by atoms with Crippen molar-refractivity contribution in [1.82, 2.24) is 0 Å². The summed E-state index contributed by atoms with van der Waals surface area (Å²) in [6, 6.07) is 0. The average molecular weight is 962 g/mol. The number of thioether (sulfide) groups is 6. The van der Waals surface area contributed by atoms with Crippen molar-refractivity contribution in [2.75, 3.05) is 104 Å². The summed E-state index contributed by atoms with van der Waals surface area (Å²) in [5, 5.41) is 0. The van der Waals surface area contributed by atoms with Gasteiger partial charge in [-0.05, 0) is 170 Å². The molecule has 0 radical (unpaired) electrons. The van der Waals surface area contributed by atoms with Crippen molar-refractivity contribution in [1.29, 1.82) is 0 Å². The Kier molecular flexibility index (Phi) is 45.1. The molecule has 0 bridgehead atoms. The minimum atomic E-state index is 0.118. The SMILES string of the molecule is O=C(CCC(CCCSCCS)(CCCSCCS)CCCSCCS)CC(=O)CCC(CCCSCCS)(CCCSCCS)CCCSCCS. The summed E-state index contributed by atoms with van der Waals surface area (Å²) in [7, 11) is 0. The van der Waals surface area contributed by atoms with E-state index in [1.54, 1.807) is 0 Å². The van der Waals surface area contributed by atoms with Gasteiger partial charge in [0.05, 0.1) is 6.42 Å². The first-order valence-corrected chi connectivity index (χ1v) is 30.7.